The van der Waals surface area contributed by atoms with Gasteiger partial charge in [-0.3, -0.25) is 4.79 Å². The molecule has 1 radical (unpaired) electrons. The molecule has 2 aromatic carbocycles. The topological polar surface area (TPSA) is 116 Å². The predicted octanol–water partition coefficient (Wildman–Crippen LogP) is 1.83. The molecule has 3 aliphatic heterocycles. The van der Waals surface area contributed by atoms with Crippen LogP contribution < -0.4 is 23.7 Å². The molecule has 1 unspecified atom stereocenters. The molecular weight excluding hydrogens is 499 g/mol. The van der Waals surface area contributed by atoms with Crippen LogP contribution in [0.4, 0.5) is 0 Å². The summed E-state index contributed by atoms with van der Waals surface area (Å²) in [7, 11) is 4.31. The lowest BCUT2D eigenvalue weighted by molar-refractivity contribution is -0.209. The summed E-state index contributed by atoms with van der Waals surface area (Å²) >= 11 is 0.858. The number of nitrogens with one attached hydrogen (secondary N) is 1. The summed E-state index contributed by atoms with van der Waals surface area (Å²) in [5.74, 6) is 1.22. The third-order valence-electron chi connectivity index (χ3n) is 7.86. The summed E-state index contributed by atoms with van der Waals surface area (Å²) in [6.45, 7) is 3.62. The van der Waals surface area contributed by atoms with Gasteiger partial charge in [-0.05, 0) is 57.7 Å². The maximum Gasteiger partial charge on any atom is 0.334 e. The summed E-state index contributed by atoms with van der Waals surface area (Å²) in [6, 6.07) is 1.70. The van der Waals surface area contributed by atoms with Gasteiger partial charge in [0.1, 0.15) is 5.75 Å². The second-order valence-electron chi connectivity index (χ2n) is 9.67. The first-order valence-electron chi connectivity index (χ1n) is 12.4. The van der Waals surface area contributed by atoms with Gasteiger partial charge in [-0.25, -0.2) is 4.79 Å². The highest BCUT2D eigenvalue weighted by Crippen LogP contribution is 2.69. The number of fused-ring (bicyclic) bond motifs is 5. The first-order chi connectivity index (χ1) is 18.3. The predicted molar refractivity (Wildman–Crippen MR) is 134 cm³/mol. The monoisotopic (exact) mass is 527 g/mol. The normalized spacial score (nSPS) is 25.0. The first kappa shape index (κ1) is 22.9. The van der Waals surface area contributed by atoms with Crippen LogP contribution in [0, 0.1) is 13.8 Å². The van der Waals surface area contributed by atoms with E-state index in [1.54, 1.807) is 32.0 Å². The molecule has 4 aliphatic rings. The Bertz CT molecular complexity index is 1380. The summed E-state index contributed by atoms with van der Waals surface area (Å²) < 4.78 is 35.4. The molecule has 10 nitrogen and oxygen atoms in total. The maximum absolute atomic E-state index is 14.1. The smallest absolute Gasteiger partial charge is 0.334 e. The van der Waals surface area contributed by atoms with Crippen molar-refractivity contribution in [2.45, 2.75) is 50.4 Å². The molecule has 2 N–H and O–H groups in total. The zero-order valence-corrected chi connectivity index (χ0v) is 21.6. The molecule has 2 fully saturated rings. The lowest BCUT2D eigenvalue weighted by atomic mass is 9.80. The van der Waals surface area contributed by atoms with Crippen molar-refractivity contribution in [3.63, 3.8) is 0 Å². The second-order valence-corrected chi connectivity index (χ2v) is 10.0. The number of rotatable bonds is 8. The molecule has 1 aliphatic carbocycles. The van der Waals surface area contributed by atoms with E-state index in [0.717, 1.165) is 30.1 Å². The van der Waals surface area contributed by atoms with Gasteiger partial charge in [0.15, 0.2) is 34.6 Å². The number of likely N-dealkylation sites (tertiary alicyclic amines) is 1. The van der Waals surface area contributed by atoms with E-state index < -0.39 is 29.7 Å². The molecular formula is C25H26BN2O8S. The number of phenolic OH excluding ortho intramolecular Hbond substituents is 1. The van der Waals surface area contributed by atoms with Crippen molar-refractivity contribution in [2.24, 2.45) is 0 Å². The standard InChI is InChI=1S/C25H26BN2O8S/c1-10-5-12(7-15(36-37-26)19(10)32-4)6-13(27-3)23(30)28-14-8-25(22(28)24(31)35-25)17-16(14)21-20(33-9-34-21)11(2)18(17)29/h5,7,13-14,22,26-27,29H,6,8-9H2,1-4H3/t13-,14-,22+,25?/m0/s1/i26T. The molecule has 2 bridgehead atoms. The van der Waals surface area contributed by atoms with Gasteiger partial charge >= 0.3 is 5.97 Å². The lowest BCUT2D eigenvalue weighted by Gasteiger charge is -2.48. The minimum absolute atomic E-state index is 0.0135. The average Bonchev–Trinajstić information content (AvgIpc) is 3.58. The van der Waals surface area contributed by atoms with E-state index in [-0.39, 0.29) is 18.4 Å². The van der Waals surface area contributed by atoms with Crippen molar-refractivity contribution in [2.75, 3.05) is 21.0 Å². The SMILES string of the molecule is [3H][B]SOc1cc(C[C@H](NC)C(=O)N2[C@H]3CC4(OC(=O)[C@@H]24)c2c(O)c(C)c4c(c23)OCO4)cc(C)c1OC. The van der Waals surface area contributed by atoms with Crippen molar-refractivity contribution >= 4 is 30.9 Å². The molecule has 1 spiro atoms. The van der Waals surface area contributed by atoms with Crippen LogP contribution in [0.15, 0.2) is 12.1 Å². The number of aryl methyl sites for hydroxylation is 1. The van der Waals surface area contributed by atoms with Gasteiger partial charge in [0.25, 0.3) is 0 Å². The van der Waals surface area contributed by atoms with Crippen molar-refractivity contribution in [1.29, 1.82) is 1.34 Å². The number of amides is 1. The number of carbonyl (C=O) groups is 2. The number of methoxy groups -OCH3 is 1. The number of esters is 1. The third-order valence-corrected chi connectivity index (χ3v) is 8.13. The Hall–Kier alpha value is -3.25. The number of benzene rings is 2. The Kier molecular flexibility index (Phi) is 5.19. The Morgan fingerprint density at radius 3 is 2.89 bits per heavy atom. The minimum Gasteiger partial charge on any atom is -0.507 e. The molecule has 0 saturated carbocycles. The number of aromatic hydroxyl groups is 1. The van der Waals surface area contributed by atoms with Crippen LogP contribution in [0.3, 0.4) is 0 Å². The van der Waals surface area contributed by atoms with Crippen LogP contribution in [0.25, 0.3) is 0 Å². The minimum atomic E-state index is -1.09. The molecule has 12 heteroatoms. The fourth-order valence-corrected chi connectivity index (χ4v) is 6.59. The molecule has 2 aromatic rings. The molecule has 3 heterocycles. The van der Waals surface area contributed by atoms with Crippen LogP contribution in [0.2, 0.25) is 0 Å². The first-order valence-corrected chi connectivity index (χ1v) is 12.7. The molecule has 2 saturated heterocycles. The maximum atomic E-state index is 14.1. The van der Waals surface area contributed by atoms with Crippen molar-refractivity contribution in [3.05, 3.63) is 39.9 Å². The number of ether oxygens (including phenoxy) is 4. The third kappa shape index (κ3) is 3.11. The van der Waals surface area contributed by atoms with Gasteiger partial charge in [0, 0.05) is 23.1 Å². The van der Waals surface area contributed by atoms with Gasteiger partial charge in [0.05, 0.1) is 19.2 Å². The van der Waals surface area contributed by atoms with E-state index in [0.29, 0.717) is 52.5 Å². The molecule has 193 valence electrons. The van der Waals surface area contributed by atoms with E-state index in [1.165, 1.54) is 0 Å². The summed E-state index contributed by atoms with van der Waals surface area (Å²) in [6.07, 6.45) is 0.668. The van der Waals surface area contributed by atoms with Gasteiger partial charge in [-0.2, -0.15) is 0 Å². The van der Waals surface area contributed by atoms with Crippen LogP contribution >= 0.6 is 11.9 Å². The number of hydrogen-bond acceptors (Lipinski definition) is 10. The highest BCUT2D eigenvalue weighted by molar-refractivity contribution is 8.16. The Morgan fingerprint density at radius 1 is 1.41 bits per heavy atom. The molecule has 6 rings (SSSR count). The van der Waals surface area contributed by atoms with Crippen LogP contribution in [0.5, 0.6) is 28.7 Å². The van der Waals surface area contributed by atoms with Gasteiger partial charge < -0.3 is 38.5 Å². The van der Waals surface area contributed by atoms with Gasteiger partial charge in [-0.1, -0.05) is 6.07 Å². The zero-order valence-electron chi connectivity index (χ0n) is 21.7. The number of phenols is 1. The molecule has 0 aromatic heterocycles. The van der Waals surface area contributed by atoms with E-state index in [1.807, 2.05) is 13.0 Å². The van der Waals surface area contributed by atoms with Gasteiger partial charge in [-0.15, -0.1) is 0 Å². The lowest BCUT2D eigenvalue weighted by Crippen LogP contribution is -2.65. The van der Waals surface area contributed by atoms with E-state index in [4.69, 9.17) is 24.5 Å². The van der Waals surface area contributed by atoms with Crippen LogP contribution in [0.1, 0.15) is 40.3 Å². The molecule has 1 amide bonds. The summed E-state index contributed by atoms with van der Waals surface area (Å²) in [5, 5.41) is 14.2. The Morgan fingerprint density at radius 2 is 2.19 bits per heavy atom. The summed E-state index contributed by atoms with van der Waals surface area (Å²) in [4.78, 5) is 28.4. The quantitative estimate of drug-likeness (QED) is 0.299. The van der Waals surface area contributed by atoms with Gasteiger partial charge in [0.2, 0.25) is 19.8 Å². The highest BCUT2D eigenvalue weighted by atomic mass is 32.2. The highest BCUT2D eigenvalue weighted by Gasteiger charge is 2.75. The Labute approximate surface area is 220 Å². The largest absolute Gasteiger partial charge is 0.507 e. The zero-order chi connectivity index (χ0) is 26.9. The van der Waals surface area contributed by atoms with Crippen LogP contribution in [-0.4, -0.2) is 63.3 Å². The number of hydrogen-bond donors (Lipinski definition) is 2. The van der Waals surface area contributed by atoms with Crippen molar-refractivity contribution in [3.8, 4) is 28.7 Å². The van der Waals surface area contributed by atoms with Crippen LogP contribution in [-0.2, 0) is 26.3 Å². The number of nitrogens with zero attached hydrogens (tertiary/aromatic N) is 1. The van der Waals surface area contributed by atoms with Crippen molar-refractivity contribution in [1.82, 2.24) is 10.2 Å². The number of likely N-dealkylation sites (N-methyl/N-ethyl adjacent to an activating group) is 1. The number of carbonyl (C=O) groups excluding carboxylic acids is 2. The average molecular weight is 527 g/mol. The van der Waals surface area contributed by atoms with E-state index >= 15 is 0 Å². The molecule has 37 heavy (non-hydrogen) atoms. The summed E-state index contributed by atoms with van der Waals surface area (Å²) in [5.41, 5.74) is 2.24. The van der Waals surface area contributed by atoms with E-state index in [9.17, 15) is 14.7 Å². The Balaban J connectivity index is 1.35. The fourth-order valence-electron chi connectivity index (χ4n) is 6.37. The fraction of sp³-hybridized carbons (Fsp3) is 0.440. The van der Waals surface area contributed by atoms with E-state index in [2.05, 4.69) is 5.32 Å². The second kappa shape index (κ2) is 8.39. The molecule has 4 atom stereocenters. The van der Waals surface area contributed by atoms with Crippen molar-refractivity contribution < 1.29 is 37.8 Å².